The van der Waals surface area contributed by atoms with E-state index in [9.17, 15) is 9.90 Å². The van der Waals surface area contributed by atoms with Crippen molar-refractivity contribution >= 4 is 17.7 Å². The molecule has 2 atom stereocenters. The molecule has 5 heteroatoms. The van der Waals surface area contributed by atoms with Crippen molar-refractivity contribution in [2.45, 2.75) is 48.9 Å². The van der Waals surface area contributed by atoms with Gasteiger partial charge in [0.25, 0.3) is 0 Å². The highest BCUT2D eigenvalue weighted by molar-refractivity contribution is 7.99. The number of hydrogen-bond acceptors (Lipinski definition) is 4. The van der Waals surface area contributed by atoms with Crippen molar-refractivity contribution in [2.75, 3.05) is 19.5 Å². The Morgan fingerprint density at radius 3 is 2.88 bits per heavy atom. The molecule has 2 aliphatic carbocycles. The molecule has 0 saturated heterocycles. The molecule has 4 nitrogen and oxygen atoms in total. The van der Waals surface area contributed by atoms with Crippen molar-refractivity contribution in [2.24, 2.45) is 0 Å². The topological polar surface area (TPSA) is 58.6 Å². The van der Waals surface area contributed by atoms with Crippen LogP contribution in [0.2, 0.25) is 0 Å². The van der Waals surface area contributed by atoms with Gasteiger partial charge in [-0.1, -0.05) is 0 Å². The van der Waals surface area contributed by atoms with Crippen molar-refractivity contribution in [3.05, 3.63) is 0 Å². The quantitative estimate of drug-likeness (QED) is 0.678. The molecule has 17 heavy (non-hydrogen) atoms. The molecule has 0 aromatic rings. The summed E-state index contributed by atoms with van der Waals surface area (Å²) in [5.41, 5.74) is -0.647. The second kappa shape index (κ2) is 5.59. The van der Waals surface area contributed by atoms with Gasteiger partial charge >= 0.3 is 5.97 Å². The number of nitrogens with one attached hydrogen (secondary N) is 1. The molecule has 2 aliphatic rings. The van der Waals surface area contributed by atoms with E-state index in [1.54, 1.807) is 7.11 Å². The fraction of sp³-hybridized carbons (Fsp3) is 0.917. The summed E-state index contributed by atoms with van der Waals surface area (Å²) in [5.74, 6) is 0.291. The van der Waals surface area contributed by atoms with E-state index in [2.05, 4.69) is 5.32 Å². The summed E-state index contributed by atoms with van der Waals surface area (Å²) in [6, 6.07) is 0.453. The molecule has 0 radical (unpaired) electrons. The van der Waals surface area contributed by atoms with E-state index >= 15 is 0 Å². The number of aliphatic carboxylic acids is 1. The molecule has 98 valence electrons. The number of carboxylic acid groups (broad SMARTS) is 1. The Kier molecular flexibility index (Phi) is 4.33. The normalized spacial score (nSPS) is 32.9. The zero-order valence-corrected chi connectivity index (χ0v) is 11.1. The van der Waals surface area contributed by atoms with Crippen LogP contribution in [-0.4, -0.2) is 47.4 Å². The van der Waals surface area contributed by atoms with Crippen molar-refractivity contribution in [3.63, 3.8) is 0 Å². The number of methoxy groups -OCH3 is 1. The average Bonchev–Trinajstić information content (AvgIpc) is 2.99. The van der Waals surface area contributed by atoms with Crippen molar-refractivity contribution < 1.29 is 14.6 Å². The van der Waals surface area contributed by atoms with Gasteiger partial charge in [0.05, 0.1) is 6.61 Å². The van der Waals surface area contributed by atoms with Gasteiger partial charge in [-0.2, -0.15) is 11.8 Å². The Hall–Kier alpha value is -0.260. The van der Waals surface area contributed by atoms with Crippen LogP contribution >= 0.6 is 11.8 Å². The molecule has 0 amide bonds. The lowest BCUT2D eigenvalue weighted by Crippen LogP contribution is -2.51. The van der Waals surface area contributed by atoms with Crippen LogP contribution in [0, 0.1) is 0 Å². The van der Waals surface area contributed by atoms with Gasteiger partial charge in [0.1, 0.15) is 5.54 Å². The predicted octanol–water partition coefficient (Wildman–Crippen LogP) is 1.49. The van der Waals surface area contributed by atoms with E-state index in [4.69, 9.17) is 4.74 Å². The maximum absolute atomic E-state index is 11.5. The fourth-order valence-corrected chi connectivity index (χ4v) is 3.73. The van der Waals surface area contributed by atoms with Crippen LogP contribution in [0.4, 0.5) is 0 Å². The van der Waals surface area contributed by atoms with E-state index in [1.165, 1.54) is 0 Å². The third-order valence-corrected chi connectivity index (χ3v) is 4.85. The molecule has 0 heterocycles. The average molecular weight is 259 g/mol. The van der Waals surface area contributed by atoms with Crippen LogP contribution in [0.3, 0.4) is 0 Å². The Morgan fingerprint density at radius 2 is 2.29 bits per heavy atom. The third-order valence-electron chi connectivity index (χ3n) is 3.58. The molecule has 0 bridgehead atoms. The summed E-state index contributed by atoms with van der Waals surface area (Å²) < 4.78 is 5.02. The zero-order valence-electron chi connectivity index (χ0n) is 10.3. The Morgan fingerprint density at radius 1 is 1.53 bits per heavy atom. The first-order valence-electron chi connectivity index (χ1n) is 6.28. The van der Waals surface area contributed by atoms with Crippen LogP contribution in [0.1, 0.15) is 32.1 Å². The number of carboxylic acids is 1. The van der Waals surface area contributed by atoms with E-state index in [-0.39, 0.29) is 0 Å². The smallest absolute Gasteiger partial charge is 0.323 e. The van der Waals surface area contributed by atoms with Crippen molar-refractivity contribution in [1.82, 2.24) is 5.32 Å². The predicted molar refractivity (Wildman–Crippen MR) is 68.5 cm³/mol. The molecule has 0 aromatic heterocycles. The van der Waals surface area contributed by atoms with E-state index in [1.807, 2.05) is 11.8 Å². The number of rotatable bonds is 7. The first-order chi connectivity index (χ1) is 8.16. The molecular weight excluding hydrogens is 238 g/mol. The van der Waals surface area contributed by atoms with E-state index in [0.717, 1.165) is 44.5 Å². The van der Waals surface area contributed by atoms with Crippen molar-refractivity contribution in [1.29, 1.82) is 0 Å². The number of carbonyl (C=O) groups is 1. The molecular formula is C12H21NO3S. The zero-order chi connectivity index (χ0) is 12.3. The molecule has 0 aromatic carbocycles. The number of thioether (sulfide) groups is 1. The summed E-state index contributed by atoms with van der Waals surface area (Å²) in [6.45, 7) is 0.747. The van der Waals surface area contributed by atoms with Gasteiger partial charge in [0.2, 0.25) is 0 Å². The minimum atomic E-state index is -0.667. The molecule has 0 spiro atoms. The van der Waals surface area contributed by atoms with E-state index < -0.39 is 11.5 Å². The monoisotopic (exact) mass is 259 g/mol. The van der Waals surface area contributed by atoms with Crippen LogP contribution in [0.15, 0.2) is 0 Å². The third kappa shape index (κ3) is 3.36. The highest BCUT2D eigenvalue weighted by Gasteiger charge is 2.48. The Balaban J connectivity index is 1.84. The maximum Gasteiger partial charge on any atom is 0.323 e. The first kappa shape index (κ1) is 13.2. The van der Waals surface area contributed by atoms with Crippen LogP contribution in [0.25, 0.3) is 0 Å². The Labute approximate surface area is 106 Å². The first-order valence-corrected chi connectivity index (χ1v) is 7.33. The minimum Gasteiger partial charge on any atom is -0.480 e. The highest BCUT2D eigenvalue weighted by Crippen LogP contribution is 2.39. The number of hydrogen-bond donors (Lipinski definition) is 2. The van der Waals surface area contributed by atoms with Gasteiger partial charge in [0, 0.05) is 24.2 Å². The lowest BCUT2D eigenvalue weighted by molar-refractivity contribution is -0.144. The van der Waals surface area contributed by atoms with Gasteiger partial charge in [-0.05, 0) is 32.1 Å². The van der Waals surface area contributed by atoms with Crippen LogP contribution in [0.5, 0.6) is 0 Å². The number of ether oxygens (including phenoxy) is 1. The van der Waals surface area contributed by atoms with Crippen molar-refractivity contribution in [3.8, 4) is 0 Å². The van der Waals surface area contributed by atoms with Gasteiger partial charge in [-0.25, -0.2) is 0 Å². The van der Waals surface area contributed by atoms with Crippen LogP contribution in [-0.2, 0) is 9.53 Å². The highest BCUT2D eigenvalue weighted by atomic mass is 32.2. The standard InChI is InChI=1S/C12H21NO3S/c1-16-6-7-17-10-4-5-12(8-10,11(14)15)13-9-2-3-9/h9-10,13H,2-8H2,1H3,(H,14,15). The lowest BCUT2D eigenvalue weighted by Gasteiger charge is -2.26. The summed E-state index contributed by atoms with van der Waals surface area (Å²) >= 11 is 1.85. The summed E-state index contributed by atoms with van der Waals surface area (Å²) in [7, 11) is 1.70. The molecule has 2 rings (SSSR count). The van der Waals surface area contributed by atoms with Crippen LogP contribution < -0.4 is 5.32 Å². The Bertz CT molecular complexity index is 283. The molecule has 2 unspecified atom stereocenters. The van der Waals surface area contributed by atoms with Gasteiger partial charge < -0.3 is 9.84 Å². The second-order valence-corrected chi connectivity index (χ2v) is 6.44. The van der Waals surface area contributed by atoms with E-state index in [0.29, 0.717) is 11.3 Å². The molecule has 0 aliphatic heterocycles. The summed E-state index contributed by atoms with van der Waals surface area (Å²) in [5, 5.41) is 13.2. The lowest BCUT2D eigenvalue weighted by atomic mass is 9.98. The second-order valence-electron chi connectivity index (χ2n) is 5.03. The molecule has 2 saturated carbocycles. The van der Waals surface area contributed by atoms with Gasteiger partial charge in [-0.3, -0.25) is 10.1 Å². The SMILES string of the molecule is COCCSC1CCC(NC2CC2)(C(=O)O)C1. The summed E-state index contributed by atoms with van der Waals surface area (Å²) in [4.78, 5) is 11.5. The summed E-state index contributed by atoms with van der Waals surface area (Å²) in [6.07, 6.45) is 4.80. The minimum absolute atomic E-state index is 0.453. The van der Waals surface area contributed by atoms with Gasteiger partial charge in [0.15, 0.2) is 0 Å². The largest absolute Gasteiger partial charge is 0.480 e. The maximum atomic E-state index is 11.5. The fourth-order valence-electron chi connectivity index (χ4n) is 2.45. The van der Waals surface area contributed by atoms with Gasteiger partial charge in [-0.15, -0.1) is 0 Å². The molecule has 2 N–H and O–H groups in total. The molecule has 2 fully saturated rings.